The maximum atomic E-state index is 13.2. The fourth-order valence-corrected chi connectivity index (χ4v) is 3.18. The maximum Gasteiger partial charge on any atom is 0.259 e. The third-order valence-corrected chi connectivity index (χ3v) is 5.25. The van der Waals surface area contributed by atoms with Gasteiger partial charge in [0.1, 0.15) is 0 Å². The minimum absolute atomic E-state index is 0.00388. The van der Waals surface area contributed by atoms with E-state index in [1.165, 1.54) is 0 Å². The third-order valence-electron chi connectivity index (χ3n) is 5.25. The number of nitrogens with two attached hydrogens (primary N) is 1. The van der Waals surface area contributed by atoms with Crippen LogP contribution in [-0.2, 0) is 6.42 Å². The van der Waals surface area contributed by atoms with Crippen molar-refractivity contribution in [3.63, 3.8) is 0 Å². The first-order valence-electron chi connectivity index (χ1n) is 9.72. The summed E-state index contributed by atoms with van der Waals surface area (Å²) in [6.07, 6.45) is 4.76. The number of aromatic nitrogens is 2. The maximum absolute atomic E-state index is 13.2. The van der Waals surface area contributed by atoms with Crippen molar-refractivity contribution in [1.82, 2.24) is 15.0 Å². The normalized spacial score (nSPS) is 15.6. The zero-order valence-corrected chi connectivity index (χ0v) is 16.3. The molecule has 1 aliphatic carbocycles. The minimum atomic E-state index is -0.00388. The first-order chi connectivity index (χ1) is 12.4. The van der Waals surface area contributed by atoms with Crippen molar-refractivity contribution in [2.45, 2.75) is 64.8 Å². The molecule has 0 radical (unpaired) electrons. The van der Waals surface area contributed by atoms with E-state index in [4.69, 9.17) is 10.3 Å². The highest BCUT2D eigenvalue weighted by Crippen LogP contribution is 2.40. The van der Waals surface area contributed by atoms with Crippen LogP contribution in [0.15, 0.2) is 10.6 Å². The van der Waals surface area contributed by atoms with Crippen LogP contribution in [0.2, 0.25) is 0 Å². The van der Waals surface area contributed by atoms with Crippen molar-refractivity contribution in [1.29, 1.82) is 0 Å². The molecule has 26 heavy (non-hydrogen) atoms. The Hall–Kier alpha value is -1.95. The predicted octanol–water partition coefficient (Wildman–Crippen LogP) is 3.50. The summed E-state index contributed by atoms with van der Waals surface area (Å²) in [7, 11) is 1.84. The van der Waals surface area contributed by atoms with Crippen LogP contribution in [0.1, 0.15) is 74.1 Å². The molecule has 1 saturated carbocycles. The van der Waals surface area contributed by atoms with Crippen molar-refractivity contribution in [3.05, 3.63) is 23.0 Å². The molecule has 1 fully saturated rings. The van der Waals surface area contributed by atoms with Crippen LogP contribution >= 0.6 is 0 Å². The summed E-state index contributed by atoms with van der Waals surface area (Å²) >= 11 is 0. The lowest BCUT2D eigenvalue weighted by Gasteiger charge is -2.22. The van der Waals surface area contributed by atoms with Crippen molar-refractivity contribution in [3.8, 4) is 0 Å². The number of rotatable bonds is 8. The zero-order valence-electron chi connectivity index (χ0n) is 16.3. The average molecular weight is 358 g/mol. The first kappa shape index (κ1) is 18.8. The van der Waals surface area contributed by atoms with Gasteiger partial charge in [0.2, 0.25) is 0 Å². The Balaban J connectivity index is 1.90. The molecule has 6 heteroatoms. The molecule has 0 saturated heterocycles. The van der Waals surface area contributed by atoms with E-state index in [-0.39, 0.29) is 11.9 Å². The van der Waals surface area contributed by atoms with Gasteiger partial charge in [-0.05, 0) is 37.7 Å². The molecule has 1 atom stereocenters. The van der Waals surface area contributed by atoms with Gasteiger partial charge in [-0.25, -0.2) is 4.98 Å². The molecule has 0 aromatic carbocycles. The van der Waals surface area contributed by atoms with Gasteiger partial charge in [-0.2, -0.15) is 0 Å². The van der Waals surface area contributed by atoms with Crippen LogP contribution in [0.25, 0.3) is 11.1 Å². The molecule has 0 bridgehead atoms. The van der Waals surface area contributed by atoms with Crippen LogP contribution < -0.4 is 5.73 Å². The van der Waals surface area contributed by atoms with Crippen LogP contribution in [0, 0.1) is 5.92 Å². The topological polar surface area (TPSA) is 85.2 Å². The number of carbonyl (C=O) groups is 1. The van der Waals surface area contributed by atoms with E-state index in [0.29, 0.717) is 29.7 Å². The SMILES string of the molecule is CCCc1noc2nc(C3CC3)cc(C(=O)N(C)CCC(N)C(C)C)c12. The summed E-state index contributed by atoms with van der Waals surface area (Å²) in [5.41, 5.74) is 9.08. The molecule has 2 aromatic heterocycles. The number of hydrogen-bond acceptors (Lipinski definition) is 5. The Morgan fingerprint density at radius 3 is 2.77 bits per heavy atom. The Morgan fingerprint density at radius 1 is 1.42 bits per heavy atom. The van der Waals surface area contributed by atoms with Gasteiger partial charge in [0.25, 0.3) is 11.6 Å². The smallest absolute Gasteiger partial charge is 0.259 e. The Bertz CT molecular complexity index is 779. The van der Waals surface area contributed by atoms with E-state index in [1.807, 2.05) is 13.1 Å². The largest absolute Gasteiger partial charge is 0.342 e. The monoisotopic (exact) mass is 358 g/mol. The van der Waals surface area contributed by atoms with Crippen LogP contribution in [0.5, 0.6) is 0 Å². The number of nitrogens with zero attached hydrogens (tertiary/aromatic N) is 3. The Labute approximate surface area is 155 Å². The van der Waals surface area contributed by atoms with Crippen molar-refractivity contribution >= 4 is 17.0 Å². The summed E-state index contributed by atoms with van der Waals surface area (Å²) in [6.45, 7) is 6.94. The van der Waals surface area contributed by atoms with Crippen molar-refractivity contribution in [2.24, 2.45) is 11.7 Å². The number of amides is 1. The summed E-state index contributed by atoms with van der Waals surface area (Å²) in [6, 6.07) is 2.05. The van der Waals surface area contributed by atoms with Crippen molar-refractivity contribution < 1.29 is 9.32 Å². The third kappa shape index (κ3) is 3.90. The summed E-state index contributed by atoms with van der Waals surface area (Å²) in [4.78, 5) is 19.6. The van der Waals surface area contributed by atoms with Gasteiger partial charge in [-0.1, -0.05) is 32.3 Å². The Kier molecular flexibility index (Phi) is 5.61. The van der Waals surface area contributed by atoms with E-state index < -0.39 is 0 Å². The highest BCUT2D eigenvalue weighted by Gasteiger charge is 2.29. The molecule has 0 aliphatic heterocycles. The van der Waals surface area contributed by atoms with Gasteiger partial charge in [0.05, 0.1) is 16.6 Å². The number of aryl methyl sites for hydroxylation is 1. The van der Waals surface area contributed by atoms with Gasteiger partial charge in [-0.3, -0.25) is 4.79 Å². The van der Waals surface area contributed by atoms with E-state index in [0.717, 1.165) is 48.9 Å². The van der Waals surface area contributed by atoms with E-state index in [9.17, 15) is 4.79 Å². The van der Waals surface area contributed by atoms with E-state index >= 15 is 0 Å². The second-order valence-electron chi connectivity index (χ2n) is 7.85. The summed E-state index contributed by atoms with van der Waals surface area (Å²) in [5, 5.41) is 4.96. The summed E-state index contributed by atoms with van der Waals surface area (Å²) in [5.74, 6) is 0.850. The van der Waals surface area contributed by atoms with Gasteiger partial charge >= 0.3 is 0 Å². The lowest BCUT2D eigenvalue weighted by molar-refractivity contribution is 0.0791. The minimum Gasteiger partial charge on any atom is -0.342 e. The molecule has 2 N–H and O–H groups in total. The summed E-state index contributed by atoms with van der Waals surface area (Å²) < 4.78 is 5.47. The average Bonchev–Trinajstić information content (AvgIpc) is 3.40. The van der Waals surface area contributed by atoms with E-state index in [2.05, 4.69) is 30.9 Å². The second-order valence-corrected chi connectivity index (χ2v) is 7.85. The molecule has 1 amide bonds. The van der Waals surface area contributed by atoms with Crippen LogP contribution in [-0.4, -0.2) is 40.6 Å². The van der Waals surface area contributed by atoms with Crippen LogP contribution in [0.4, 0.5) is 0 Å². The molecule has 2 heterocycles. The lowest BCUT2D eigenvalue weighted by atomic mass is 10.0. The van der Waals surface area contributed by atoms with Gasteiger partial charge < -0.3 is 15.2 Å². The number of pyridine rings is 1. The number of hydrogen-bond donors (Lipinski definition) is 1. The quantitative estimate of drug-likeness (QED) is 0.780. The van der Waals surface area contributed by atoms with E-state index in [1.54, 1.807) is 4.90 Å². The molecule has 142 valence electrons. The molecule has 3 rings (SSSR count). The fourth-order valence-electron chi connectivity index (χ4n) is 3.18. The Morgan fingerprint density at radius 2 is 2.15 bits per heavy atom. The standard InChI is InChI=1S/C20H30N4O2/c1-5-6-16-18-14(20(25)24(4)10-9-15(21)12(2)3)11-17(13-7-8-13)22-19(18)26-23-16/h11-13,15H,5-10,21H2,1-4H3. The second kappa shape index (κ2) is 7.74. The van der Waals surface area contributed by atoms with Gasteiger partial charge in [0.15, 0.2) is 0 Å². The molecule has 6 nitrogen and oxygen atoms in total. The predicted molar refractivity (Wildman–Crippen MR) is 102 cm³/mol. The molecule has 1 unspecified atom stereocenters. The molecular weight excluding hydrogens is 328 g/mol. The number of fused-ring (bicyclic) bond motifs is 1. The molecule has 1 aliphatic rings. The first-order valence-corrected chi connectivity index (χ1v) is 9.72. The molecule has 2 aromatic rings. The highest BCUT2D eigenvalue weighted by atomic mass is 16.5. The van der Waals surface area contributed by atoms with Gasteiger partial charge in [-0.15, -0.1) is 0 Å². The number of carbonyl (C=O) groups excluding carboxylic acids is 1. The zero-order chi connectivity index (χ0) is 18.8. The molecular formula is C20H30N4O2. The van der Waals surface area contributed by atoms with Gasteiger partial charge in [0, 0.05) is 31.2 Å². The van der Waals surface area contributed by atoms with Crippen molar-refractivity contribution in [2.75, 3.05) is 13.6 Å². The lowest BCUT2D eigenvalue weighted by Crippen LogP contribution is -2.34. The molecule has 0 spiro atoms. The highest BCUT2D eigenvalue weighted by molar-refractivity contribution is 6.06. The fraction of sp³-hybridized carbons (Fsp3) is 0.650. The van der Waals surface area contributed by atoms with Crippen LogP contribution in [0.3, 0.4) is 0 Å².